The van der Waals surface area contributed by atoms with Crippen LogP contribution in [0.4, 0.5) is 5.69 Å². The van der Waals surface area contributed by atoms with Crippen molar-refractivity contribution in [1.29, 1.82) is 0 Å². The fourth-order valence-corrected chi connectivity index (χ4v) is 6.83. The van der Waals surface area contributed by atoms with E-state index < -0.39 is 16.1 Å². The lowest BCUT2D eigenvalue weighted by molar-refractivity contribution is -0.141. The lowest BCUT2D eigenvalue weighted by Crippen LogP contribution is -2.50. The molecule has 3 aromatic carbocycles. The molecule has 202 valence electrons. The second kappa shape index (κ2) is 11.7. The molecule has 0 saturated carbocycles. The Morgan fingerprint density at radius 2 is 1.71 bits per heavy atom. The molecule has 7 nitrogen and oxygen atoms in total. The molecule has 0 saturated heterocycles. The highest BCUT2D eigenvalue weighted by Gasteiger charge is 2.35. The quantitative estimate of drug-likeness (QED) is 0.338. The van der Waals surface area contributed by atoms with Gasteiger partial charge in [-0.3, -0.25) is 13.9 Å². The van der Waals surface area contributed by atoms with Gasteiger partial charge in [0.25, 0.3) is 10.0 Å². The van der Waals surface area contributed by atoms with Crippen molar-refractivity contribution in [3.05, 3.63) is 71.2 Å². The first kappa shape index (κ1) is 27.9. The van der Waals surface area contributed by atoms with Crippen LogP contribution < -0.4 is 9.62 Å². The van der Waals surface area contributed by atoms with Gasteiger partial charge in [0.2, 0.25) is 11.8 Å². The van der Waals surface area contributed by atoms with Gasteiger partial charge in [0.15, 0.2) is 0 Å². The summed E-state index contributed by atoms with van der Waals surface area (Å²) >= 11 is 6.40. The molecule has 1 N–H and O–H groups in total. The summed E-state index contributed by atoms with van der Waals surface area (Å²) < 4.78 is 28.0. The van der Waals surface area contributed by atoms with Crippen LogP contribution in [0.1, 0.15) is 52.0 Å². The third kappa shape index (κ3) is 5.52. The summed E-state index contributed by atoms with van der Waals surface area (Å²) in [6.45, 7) is 6.15. The lowest BCUT2D eigenvalue weighted by Gasteiger charge is -2.32. The van der Waals surface area contributed by atoms with Crippen LogP contribution in [-0.2, 0) is 26.2 Å². The second-order valence-electron chi connectivity index (χ2n) is 9.67. The Balaban J connectivity index is 1.53. The smallest absolute Gasteiger partial charge is 0.265 e. The molecule has 3 aromatic rings. The van der Waals surface area contributed by atoms with Crippen LogP contribution in [0.2, 0.25) is 5.02 Å². The van der Waals surface area contributed by atoms with Crippen LogP contribution in [0.3, 0.4) is 0 Å². The zero-order chi connectivity index (χ0) is 27.4. The Kier molecular flexibility index (Phi) is 8.63. The number of carbonyl (C=O) groups is 2. The molecule has 4 rings (SSSR count). The summed E-state index contributed by atoms with van der Waals surface area (Å²) in [5.41, 5.74) is 1.39. The van der Waals surface area contributed by atoms with Crippen LogP contribution >= 0.6 is 11.6 Å². The van der Waals surface area contributed by atoms with E-state index in [1.54, 1.807) is 29.2 Å². The number of amides is 2. The highest BCUT2D eigenvalue weighted by atomic mass is 35.5. The maximum absolute atomic E-state index is 13.6. The maximum atomic E-state index is 13.6. The average molecular weight is 556 g/mol. The van der Waals surface area contributed by atoms with E-state index in [-0.39, 0.29) is 37.4 Å². The predicted octanol–water partition coefficient (Wildman–Crippen LogP) is 5.50. The Hall–Kier alpha value is -3.10. The molecule has 2 amide bonds. The van der Waals surface area contributed by atoms with Gasteiger partial charge in [0.1, 0.15) is 6.04 Å². The maximum Gasteiger partial charge on any atom is 0.265 e. The minimum atomic E-state index is -3.69. The van der Waals surface area contributed by atoms with Gasteiger partial charge < -0.3 is 10.2 Å². The summed E-state index contributed by atoms with van der Waals surface area (Å²) in [7, 11) is -3.69. The van der Waals surface area contributed by atoms with Crippen molar-refractivity contribution in [3.63, 3.8) is 0 Å². The van der Waals surface area contributed by atoms with Crippen molar-refractivity contribution in [3.8, 4) is 0 Å². The van der Waals surface area contributed by atoms with E-state index in [9.17, 15) is 18.0 Å². The number of anilines is 1. The Labute approximate surface area is 229 Å². The summed E-state index contributed by atoms with van der Waals surface area (Å²) in [5.74, 6) is -0.421. The normalized spacial score (nSPS) is 15.3. The number of hydrogen-bond donors (Lipinski definition) is 1. The highest BCUT2D eigenvalue weighted by molar-refractivity contribution is 7.93. The van der Waals surface area contributed by atoms with E-state index in [0.29, 0.717) is 28.4 Å². The topological polar surface area (TPSA) is 86.8 Å². The molecule has 0 aliphatic carbocycles. The number of halogens is 1. The number of nitrogens with zero attached hydrogens (tertiary/aromatic N) is 2. The highest BCUT2D eigenvalue weighted by Crippen LogP contribution is 2.42. The molecular formula is C29H34ClN3O4S. The van der Waals surface area contributed by atoms with Gasteiger partial charge in [-0.2, -0.15) is 0 Å². The number of benzene rings is 3. The van der Waals surface area contributed by atoms with E-state index >= 15 is 0 Å². The fourth-order valence-electron chi connectivity index (χ4n) is 4.89. The summed E-state index contributed by atoms with van der Waals surface area (Å²) in [6, 6.07) is 17.4. The number of carbonyl (C=O) groups excluding carboxylic acids is 2. The fraction of sp³-hybridized carbons (Fsp3) is 0.379. The SMILES string of the molecule is CCC(C)NC(=O)C(CC)N(Cc1ccccc1Cl)C(=O)CCCN1c2cccc3cccc(c23)S1(=O)=O. The molecule has 1 aliphatic rings. The van der Waals surface area contributed by atoms with E-state index in [1.165, 1.54) is 4.31 Å². The first-order valence-corrected chi connectivity index (χ1v) is 14.9. The van der Waals surface area contributed by atoms with Crippen LogP contribution in [0.25, 0.3) is 10.8 Å². The monoisotopic (exact) mass is 555 g/mol. The second-order valence-corrected chi connectivity index (χ2v) is 11.9. The minimum Gasteiger partial charge on any atom is -0.352 e. The van der Waals surface area contributed by atoms with Crippen LogP contribution in [0, 0.1) is 0 Å². The first-order valence-electron chi connectivity index (χ1n) is 13.1. The van der Waals surface area contributed by atoms with Crippen LogP contribution in [0.5, 0.6) is 0 Å². The van der Waals surface area contributed by atoms with Crippen molar-refractivity contribution in [2.24, 2.45) is 0 Å². The molecule has 2 unspecified atom stereocenters. The minimum absolute atomic E-state index is 0.0153. The van der Waals surface area contributed by atoms with Gasteiger partial charge in [0, 0.05) is 36.0 Å². The molecule has 38 heavy (non-hydrogen) atoms. The standard InChI is InChI=1S/C29H34ClN3O4S/c1-4-20(3)31-29(35)24(5-2)32(19-22-11-6-7-14-23(22)30)27(34)17-10-18-33-25-15-8-12-21-13-9-16-26(28(21)25)38(33,36)37/h6-9,11-16,20,24H,4-5,10,17-19H2,1-3H3,(H,31,35). The number of rotatable bonds is 11. The van der Waals surface area contributed by atoms with Crippen molar-refractivity contribution < 1.29 is 18.0 Å². The summed E-state index contributed by atoms with van der Waals surface area (Å²) in [5, 5.41) is 5.10. The first-order chi connectivity index (χ1) is 18.2. The van der Waals surface area contributed by atoms with Crippen molar-refractivity contribution in [2.45, 2.75) is 70.0 Å². The molecule has 0 radical (unpaired) electrons. The van der Waals surface area contributed by atoms with Crippen molar-refractivity contribution in [1.82, 2.24) is 10.2 Å². The van der Waals surface area contributed by atoms with Crippen LogP contribution in [0.15, 0.2) is 65.6 Å². The van der Waals surface area contributed by atoms with E-state index in [4.69, 9.17) is 11.6 Å². The number of sulfonamides is 1. The Morgan fingerprint density at radius 1 is 1.00 bits per heavy atom. The summed E-state index contributed by atoms with van der Waals surface area (Å²) in [4.78, 5) is 28.6. The zero-order valence-corrected chi connectivity index (χ0v) is 23.6. The third-order valence-electron chi connectivity index (χ3n) is 7.12. The molecule has 0 bridgehead atoms. The molecule has 9 heteroatoms. The van der Waals surface area contributed by atoms with E-state index in [2.05, 4.69) is 5.32 Å². The van der Waals surface area contributed by atoms with Gasteiger partial charge in [-0.15, -0.1) is 0 Å². The van der Waals surface area contributed by atoms with Gasteiger partial charge >= 0.3 is 0 Å². The molecular weight excluding hydrogens is 522 g/mol. The molecule has 1 heterocycles. The average Bonchev–Trinajstić information content (AvgIpc) is 3.12. The van der Waals surface area contributed by atoms with Gasteiger partial charge in [0.05, 0.1) is 10.6 Å². The molecule has 0 aromatic heterocycles. The van der Waals surface area contributed by atoms with Crippen LogP contribution in [-0.4, -0.2) is 43.8 Å². The molecule has 0 fully saturated rings. The van der Waals surface area contributed by atoms with Gasteiger partial charge in [-0.25, -0.2) is 8.42 Å². The molecule has 0 spiro atoms. The lowest BCUT2D eigenvalue weighted by atomic mass is 10.1. The van der Waals surface area contributed by atoms with Crippen molar-refractivity contribution >= 4 is 49.9 Å². The zero-order valence-electron chi connectivity index (χ0n) is 22.0. The van der Waals surface area contributed by atoms with E-state index in [1.807, 2.05) is 57.2 Å². The van der Waals surface area contributed by atoms with Gasteiger partial charge in [-0.1, -0.05) is 67.9 Å². The summed E-state index contributed by atoms with van der Waals surface area (Å²) in [6.07, 6.45) is 1.62. The van der Waals surface area contributed by atoms with Gasteiger partial charge in [-0.05, 0) is 55.3 Å². The number of nitrogens with one attached hydrogen (secondary N) is 1. The largest absolute Gasteiger partial charge is 0.352 e. The molecule has 2 atom stereocenters. The predicted molar refractivity (Wildman–Crippen MR) is 152 cm³/mol. The Bertz CT molecular complexity index is 1440. The Morgan fingerprint density at radius 3 is 2.39 bits per heavy atom. The van der Waals surface area contributed by atoms with E-state index in [0.717, 1.165) is 22.8 Å². The third-order valence-corrected chi connectivity index (χ3v) is 9.34. The van der Waals surface area contributed by atoms with Crippen molar-refractivity contribution in [2.75, 3.05) is 10.8 Å². The number of hydrogen-bond acceptors (Lipinski definition) is 4. The molecule has 1 aliphatic heterocycles.